The number of hydrogen-bond acceptors (Lipinski definition) is 6. The van der Waals surface area contributed by atoms with E-state index in [1.54, 1.807) is 24.3 Å². The third kappa shape index (κ3) is 5.22. The maximum Gasteiger partial charge on any atom is 0.387 e. The van der Waals surface area contributed by atoms with Gasteiger partial charge in [-0.05, 0) is 35.7 Å². The van der Waals surface area contributed by atoms with E-state index < -0.39 is 36.9 Å². The third-order valence-electron chi connectivity index (χ3n) is 5.13. The summed E-state index contributed by atoms with van der Waals surface area (Å²) in [5.41, 5.74) is 1.64. The average molecular weight is 410 g/mol. The first-order valence-corrected chi connectivity index (χ1v) is 9.32. The third-order valence-corrected chi connectivity index (χ3v) is 5.13. The number of alkyl halides is 2. The molecule has 6 nitrogen and oxygen atoms in total. The van der Waals surface area contributed by atoms with Crippen molar-refractivity contribution in [2.24, 2.45) is 5.92 Å². The first-order chi connectivity index (χ1) is 13.9. The van der Waals surface area contributed by atoms with Crippen molar-refractivity contribution in [3.63, 3.8) is 0 Å². The van der Waals surface area contributed by atoms with Crippen LogP contribution in [0.4, 0.5) is 8.78 Å². The summed E-state index contributed by atoms with van der Waals surface area (Å²) in [6.07, 6.45) is -4.11. The molecule has 0 radical (unpaired) electrons. The van der Waals surface area contributed by atoms with Crippen LogP contribution >= 0.6 is 0 Å². The van der Waals surface area contributed by atoms with Crippen molar-refractivity contribution in [2.75, 3.05) is 6.61 Å². The van der Waals surface area contributed by atoms with E-state index in [1.807, 2.05) is 12.1 Å². The van der Waals surface area contributed by atoms with E-state index in [0.717, 1.165) is 11.1 Å². The van der Waals surface area contributed by atoms with Gasteiger partial charge in [0.05, 0.1) is 6.10 Å². The SMILES string of the molecule is OC[C@H]1C[C@@H](Oc2ccccc2Cc2ccc(OC(F)F)cc2)[C@H](O)[C@@H](O)[C@@H]1O. The van der Waals surface area contributed by atoms with Crippen molar-refractivity contribution < 1.29 is 38.7 Å². The predicted octanol–water partition coefficient (Wildman–Crippen LogP) is 1.72. The molecule has 1 fully saturated rings. The molecule has 0 bridgehead atoms. The summed E-state index contributed by atoms with van der Waals surface area (Å²) in [4.78, 5) is 0. The number of aliphatic hydroxyl groups is 4. The molecule has 0 amide bonds. The number of para-hydroxylation sites is 1. The Morgan fingerprint density at radius 2 is 1.62 bits per heavy atom. The second kappa shape index (κ2) is 9.49. The van der Waals surface area contributed by atoms with Crippen molar-refractivity contribution in [3.8, 4) is 11.5 Å². The molecule has 0 aliphatic heterocycles. The lowest BCUT2D eigenvalue weighted by atomic mass is 9.81. The zero-order valence-corrected chi connectivity index (χ0v) is 15.6. The molecule has 0 spiro atoms. The van der Waals surface area contributed by atoms with Crippen LogP contribution in [0, 0.1) is 5.92 Å². The fourth-order valence-corrected chi connectivity index (χ4v) is 3.51. The van der Waals surface area contributed by atoms with E-state index >= 15 is 0 Å². The van der Waals surface area contributed by atoms with Gasteiger partial charge < -0.3 is 29.9 Å². The number of halogens is 2. The monoisotopic (exact) mass is 410 g/mol. The van der Waals surface area contributed by atoms with Gasteiger partial charge >= 0.3 is 6.61 Å². The quantitative estimate of drug-likeness (QED) is 0.555. The fraction of sp³-hybridized carbons (Fsp3) is 0.429. The number of benzene rings is 2. The zero-order chi connectivity index (χ0) is 21.0. The van der Waals surface area contributed by atoms with Crippen LogP contribution in [0.3, 0.4) is 0 Å². The highest BCUT2D eigenvalue weighted by Gasteiger charge is 2.43. The second-order valence-corrected chi connectivity index (χ2v) is 7.11. The van der Waals surface area contributed by atoms with Gasteiger partial charge in [-0.3, -0.25) is 0 Å². The maximum atomic E-state index is 12.3. The van der Waals surface area contributed by atoms with E-state index in [9.17, 15) is 29.2 Å². The summed E-state index contributed by atoms with van der Waals surface area (Å²) in [5.74, 6) is -0.0427. The minimum Gasteiger partial charge on any atom is -0.487 e. The lowest BCUT2D eigenvalue weighted by Gasteiger charge is -2.39. The van der Waals surface area contributed by atoms with E-state index in [-0.39, 0.29) is 18.8 Å². The molecule has 8 heteroatoms. The molecular formula is C21H24F2O6. The maximum absolute atomic E-state index is 12.3. The Bertz CT molecular complexity index is 783. The summed E-state index contributed by atoms with van der Waals surface area (Å²) in [6.45, 7) is -3.21. The molecule has 3 rings (SSSR count). The largest absolute Gasteiger partial charge is 0.487 e. The molecule has 2 aromatic carbocycles. The molecule has 4 N–H and O–H groups in total. The molecule has 0 saturated heterocycles. The van der Waals surface area contributed by atoms with Crippen LogP contribution in [-0.2, 0) is 6.42 Å². The standard InChI is InChI=1S/C21H24F2O6/c22-21(23)28-15-7-5-12(6-8-15)9-13-3-1-2-4-16(13)29-17-10-14(11-24)18(25)20(27)19(17)26/h1-8,14,17-21,24-27H,9-11H2/t14-,17-,18-,19+,20+/m1/s1. The average Bonchev–Trinajstić information content (AvgIpc) is 2.71. The number of aliphatic hydroxyl groups excluding tert-OH is 4. The van der Waals surface area contributed by atoms with Crippen molar-refractivity contribution in [1.29, 1.82) is 0 Å². The number of rotatable bonds is 7. The normalized spacial score (nSPS) is 27.1. The van der Waals surface area contributed by atoms with E-state index in [1.165, 1.54) is 12.1 Å². The minimum absolute atomic E-state index is 0.0706. The van der Waals surface area contributed by atoms with Gasteiger partial charge in [-0.25, -0.2) is 0 Å². The van der Waals surface area contributed by atoms with E-state index in [0.29, 0.717) is 12.2 Å². The van der Waals surface area contributed by atoms with Crippen LogP contribution in [0.25, 0.3) is 0 Å². The van der Waals surface area contributed by atoms with E-state index in [4.69, 9.17) is 4.74 Å². The molecule has 158 valence electrons. The summed E-state index contributed by atoms with van der Waals surface area (Å²) in [5, 5.41) is 39.7. The Kier molecular flexibility index (Phi) is 7.02. The fourth-order valence-electron chi connectivity index (χ4n) is 3.51. The molecule has 5 atom stereocenters. The molecule has 0 heterocycles. The zero-order valence-electron chi connectivity index (χ0n) is 15.6. The van der Waals surface area contributed by atoms with Crippen LogP contribution in [0.2, 0.25) is 0 Å². The Morgan fingerprint density at radius 3 is 2.28 bits per heavy atom. The van der Waals surface area contributed by atoms with Crippen molar-refractivity contribution in [1.82, 2.24) is 0 Å². The van der Waals surface area contributed by atoms with Crippen LogP contribution < -0.4 is 9.47 Å². The van der Waals surface area contributed by atoms with Gasteiger partial charge in [0, 0.05) is 18.9 Å². The molecule has 1 saturated carbocycles. The number of ether oxygens (including phenoxy) is 2. The molecule has 1 aliphatic carbocycles. The smallest absolute Gasteiger partial charge is 0.387 e. The van der Waals surface area contributed by atoms with Gasteiger partial charge in [0.2, 0.25) is 0 Å². The van der Waals surface area contributed by atoms with Gasteiger partial charge in [0.1, 0.15) is 29.8 Å². The molecule has 1 aliphatic rings. The van der Waals surface area contributed by atoms with Gasteiger partial charge in [-0.15, -0.1) is 0 Å². The van der Waals surface area contributed by atoms with Crippen molar-refractivity contribution in [2.45, 2.75) is 43.9 Å². The van der Waals surface area contributed by atoms with Crippen LogP contribution in [0.5, 0.6) is 11.5 Å². The van der Waals surface area contributed by atoms with Crippen molar-refractivity contribution >= 4 is 0 Å². The predicted molar refractivity (Wildman–Crippen MR) is 100.0 cm³/mol. The highest BCUT2D eigenvalue weighted by Crippen LogP contribution is 2.31. The Morgan fingerprint density at radius 1 is 0.931 bits per heavy atom. The van der Waals surface area contributed by atoms with E-state index in [2.05, 4.69) is 4.74 Å². The molecule has 0 unspecified atom stereocenters. The summed E-state index contributed by atoms with van der Waals surface area (Å²) in [6, 6.07) is 13.4. The van der Waals surface area contributed by atoms with Crippen molar-refractivity contribution in [3.05, 3.63) is 59.7 Å². The first-order valence-electron chi connectivity index (χ1n) is 9.32. The molecular weight excluding hydrogens is 386 g/mol. The number of hydrogen-bond donors (Lipinski definition) is 4. The highest BCUT2D eigenvalue weighted by atomic mass is 19.3. The summed E-state index contributed by atoms with van der Waals surface area (Å²) in [7, 11) is 0. The lowest BCUT2D eigenvalue weighted by molar-refractivity contribution is -0.157. The Labute approximate surface area is 167 Å². The molecule has 29 heavy (non-hydrogen) atoms. The first kappa shape index (κ1) is 21.4. The van der Waals surface area contributed by atoms with Gasteiger partial charge in [0.25, 0.3) is 0 Å². The molecule has 2 aromatic rings. The summed E-state index contributed by atoms with van der Waals surface area (Å²) < 4.78 is 34.8. The lowest BCUT2D eigenvalue weighted by Crippen LogP contribution is -2.56. The van der Waals surface area contributed by atoms with Gasteiger partial charge in [-0.2, -0.15) is 8.78 Å². The van der Waals surface area contributed by atoms with Gasteiger partial charge in [-0.1, -0.05) is 30.3 Å². The topological polar surface area (TPSA) is 99.4 Å². The van der Waals surface area contributed by atoms with Crippen LogP contribution in [0.15, 0.2) is 48.5 Å². The van der Waals surface area contributed by atoms with Gasteiger partial charge in [0.15, 0.2) is 0 Å². The molecule has 0 aromatic heterocycles. The Hall–Kier alpha value is -2.26. The van der Waals surface area contributed by atoms with Crippen LogP contribution in [0.1, 0.15) is 17.5 Å². The highest BCUT2D eigenvalue weighted by molar-refractivity contribution is 5.39. The minimum atomic E-state index is -2.88. The second-order valence-electron chi connectivity index (χ2n) is 7.11. The summed E-state index contributed by atoms with van der Waals surface area (Å²) >= 11 is 0. The Balaban J connectivity index is 1.73. The van der Waals surface area contributed by atoms with Crippen LogP contribution in [-0.4, -0.2) is 58.1 Å².